The van der Waals surface area contributed by atoms with Crippen LogP contribution in [0.15, 0.2) is 48.5 Å². The van der Waals surface area contributed by atoms with E-state index in [9.17, 15) is 9.59 Å². The molecular weight excluding hydrogens is 342 g/mol. The largest absolute Gasteiger partial charge is 0.484 e. The third-order valence-electron chi connectivity index (χ3n) is 4.51. The Morgan fingerprint density at radius 2 is 1.74 bits per heavy atom. The van der Waals surface area contributed by atoms with Gasteiger partial charge >= 0.3 is 0 Å². The molecule has 6 heteroatoms. The minimum Gasteiger partial charge on any atom is -0.484 e. The van der Waals surface area contributed by atoms with Crippen LogP contribution in [-0.2, 0) is 4.79 Å². The lowest BCUT2D eigenvalue weighted by molar-refractivity contribution is -0.134. The Hall–Kier alpha value is -3.33. The van der Waals surface area contributed by atoms with Crippen LogP contribution in [0.5, 0.6) is 5.75 Å². The zero-order valence-corrected chi connectivity index (χ0v) is 15.2. The van der Waals surface area contributed by atoms with Gasteiger partial charge in [-0.05, 0) is 42.8 Å². The summed E-state index contributed by atoms with van der Waals surface area (Å²) in [6.45, 7) is 3.83. The molecule has 0 radical (unpaired) electrons. The standard InChI is InChI=1S/C21H21N3O3/c1-16-4-2-7-19(12-16)27-15-20(25)23-8-10-24(11-9-23)21(26)18-6-3-5-17(13-18)14-22/h2-7,12-13H,8-11,15H2,1H3. The van der Waals surface area contributed by atoms with Crippen molar-refractivity contribution in [3.8, 4) is 11.8 Å². The molecule has 0 unspecified atom stereocenters. The van der Waals surface area contributed by atoms with Crippen LogP contribution < -0.4 is 4.74 Å². The highest BCUT2D eigenvalue weighted by Gasteiger charge is 2.25. The van der Waals surface area contributed by atoms with Crippen LogP contribution >= 0.6 is 0 Å². The monoisotopic (exact) mass is 363 g/mol. The SMILES string of the molecule is Cc1cccc(OCC(=O)N2CCN(C(=O)c3cccc(C#N)c3)CC2)c1. The Balaban J connectivity index is 1.51. The van der Waals surface area contributed by atoms with Crippen LogP contribution in [0, 0.1) is 18.3 Å². The molecule has 2 aromatic carbocycles. The Bertz CT molecular complexity index is 880. The second-order valence-corrected chi connectivity index (χ2v) is 6.47. The number of carbonyl (C=O) groups excluding carboxylic acids is 2. The van der Waals surface area contributed by atoms with Gasteiger partial charge in [-0.2, -0.15) is 5.26 Å². The van der Waals surface area contributed by atoms with Crippen LogP contribution in [-0.4, -0.2) is 54.4 Å². The number of ether oxygens (including phenoxy) is 1. The van der Waals surface area contributed by atoms with Crippen molar-refractivity contribution < 1.29 is 14.3 Å². The molecule has 2 aromatic rings. The number of nitrogens with zero attached hydrogens (tertiary/aromatic N) is 3. The molecule has 0 bridgehead atoms. The molecule has 0 aliphatic carbocycles. The van der Waals surface area contributed by atoms with E-state index in [1.54, 1.807) is 34.1 Å². The first-order chi connectivity index (χ1) is 13.1. The molecule has 0 saturated carbocycles. The van der Waals surface area contributed by atoms with Crippen molar-refractivity contribution in [3.63, 3.8) is 0 Å². The predicted molar refractivity (Wildman–Crippen MR) is 100 cm³/mol. The zero-order valence-electron chi connectivity index (χ0n) is 15.2. The molecule has 0 spiro atoms. The molecule has 1 aliphatic heterocycles. The van der Waals surface area contributed by atoms with E-state index in [0.29, 0.717) is 43.1 Å². The molecule has 6 nitrogen and oxygen atoms in total. The summed E-state index contributed by atoms with van der Waals surface area (Å²) in [6.07, 6.45) is 0. The van der Waals surface area contributed by atoms with Gasteiger partial charge in [0.05, 0.1) is 11.6 Å². The summed E-state index contributed by atoms with van der Waals surface area (Å²) in [5.41, 5.74) is 2.03. The second kappa shape index (κ2) is 8.37. The van der Waals surface area contributed by atoms with Crippen molar-refractivity contribution >= 4 is 11.8 Å². The molecular formula is C21H21N3O3. The van der Waals surface area contributed by atoms with Gasteiger partial charge in [0.1, 0.15) is 5.75 Å². The number of carbonyl (C=O) groups is 2. The van der Waals surface area contributed by atoms with E-state index in [0.717, 1.165) is 5.56 Å². The van der Waals surface area contributed by atoms with Crippen LogP contribution in [0.25, 0.3) is 0 Å². The maximum Gasteiger partial charge on any atom is 0.260 e. The summed E-state index contributed by atoms with van der Waals surface area (Å²) in [5, 5.41) is 8.97. The number of piperazine rings is 1. The Labute approximate surface area is 158 Å². The van der Waals surface area contributed by atoms with Crippen LogP contribution in [0.1, 0.15) is 21.5 Å². The lowest BCUT2D eigenvalue weighted by atomic mass is 10.1. The fourth-order valence-corrected chi connectivity index (χ4v) is 3.00. The molecule has 3 rings (SSSR count). The van der Waals surface area contributed by atoms with Gasteiger partial charge in [-0.3, -0.25) is 9.59 Å². The van der Waals surface area contributed by atoms with E-state index in [2.05, 4.69) is 0 Å². The van der Waals surface area contributed by atoms with Crippen LogP contribution in [0.2, 0.25) is 0 Å². The molecule has 138 valence electrons. The summed E-state index contributed by atoms with van der Waals surface area (Å²) >= 11 is 0. The predicted octanol–water partition coefficient (Wildman–Crippen LogP) is 2.23. The van der Waals surface area contributed by atoms with Crippen molar-refractivity contribution in [2.24, 2.45) is 0 Å². The van der Waals surface area contributed by atoms with Crippen LogP contribution in [0.4, 0.5) is 0 Å². The molecule has 2 amide bonds. The summed E-state index contributed by atoms with van der Waals surface area (Å²) in [7, 11) is 0. The number of rotatable bonds is 4. The van der Waals surface area contributed by atoms with Gasteiger partial charge in [0.2, 0.25) is 0 Å². The molecule has 0 atom stereocenters. The highest BCUT2D eigenvalue weighted by Crippen LogP contribution is 2.14. The Kier molecular flexibility index (Phi) is 5.72. The summed E-state index contributed by atoms with van der Waals surface area (Å²) in [6, 6.07) is 16.3. The van der Waals surface area contributed by atoms with E-state index >= 15 is 0 Å². The van der Waals surface area contributed by atoms with Crippen molar-refractivity contribution in [3.05, 3.63) is 65.2 Å². The first-order valence-electron chi connectivity index (χ1n) is 8.83. The second-order valence-electron chi connectivity index (χ2n) is 6.47. The molecule has 0 aromatic heterocycles. The molecule has 1 heterocycles. The Morgan fingerprint density at radius 3 is 2.44 bits per heavy atom. The number of nitriles is 1. The number of aryl methyl sites for hydroxylation is 1. The van der Waals surface area contributed by atoms with E-state index in [1.165, 1.54) is 0 Å². The first kappa shape index (κ1) is 18.5. The summed E-state index contributed by atoms with van der Waals surface area (Å²) < 4.78 is 5.57. The van der Waals surface area contributed by atoms with Crippen molar-refractivity contribution in [1.82, 2.24) is 9.80 Å². The third-order valence-corrected chi connectivity index (χ3v) is 4.51. The van der Waals surface area contributed by atoms with E-state index in [1.807, 2.05) is 37.3 Å². The molecule has 27 heavy (non-hydrogen) atoms. The van der Waals surface area contributed by atoms with Gasteiger partial charge in [0, 0.05) is 31.7 Å². The average Bonchev–Trinajstić information content (AvgIpc) is 2.71. The summed E-state index contributed by atoms with van der Waals surface area (Å²) in [5.74, 6) is 0.472. The first-order valence-corrected chi connectivity index (χ1v) is 8.83. The van der Waals surface area contributed by atoms with Gasteiger partial charge in [-0.25, -0.2) is 0 Å². The van der Waals surface area contributed by atoms with E-state index < -0.39 is 0 Å². The molecule has 1 aliphatic rings. The summed E-state index contributed by atoms with van der Waals surface area (Å²) in [4.78, 5) is 28.3. The van der Waals surface area contributed by atoms with Crippen molar-refractivity contribution in [2.75, 3.05) is 32.8 Å². The quantitative estimate of drug-likeness (QED) is 0.835. The third kappa shape index (κ3) is 4.64. The molecule has 0 N–H and O–H groups in total. The topological polar surface area (TPSA) is 73.6 Å². The molecule has 1 fully saturated rings. The minimum absolute atomic E-state index is 0.0123. The van der Waals surface area contributed by atoms with Crippen LogP contribution in [0.3, 0.4) is 0 Å². The maximum absolute atomic E-state index is 12.6. The van der Waals surface area contributed by atoms with Gasteiger partial charge in [0.15, 0.2) is 6.61 Å². The molecule has 1 saturated heterocycles. The number of hydrogen-bond acceptors (Lipinski definition) is 4. The zero-order chi connectivity index (χ0) is 19.2. The lowest BCUT2D eigenvalue weighted by Gasteiger charge is -2.34. The highest BCUT2D eigenvalue weighted by molar-refractivity contribution is 5.94. The van der Waals surface area contributed by atoms with Gasteiger partial charge in [-0.1, -0.05) is 18.2 Å². The minimum atomic E-state index is -0.116. The van der Waals surface area contributed by atoms with Crippen molar-refractivity contribution in [1.29, 1.82) is 5.26 Å². The van der Waals surface area contributed by atoms with Gasteiger partial charge < -0.3 is 14.5 Å². The number of hydrogen-bond donors (Lipinski definition) is 0. The lowest BCUT2D eigenvalue weighted by Crippen LogP contribution is -2.51. The average molecular weight is 363 g/mol. The smallest absolute Gasteiger partial charge is 0.260 e. The van der Waals surface area contributed by atoms with E-state index in [4.69, 9.17) is 10.00 Å². The fourth-order valence-electron chi connectivity index (χ4n) is 3.00. The maximum atomic E-state index is 12.6. The van der Waals surface area contributed by atoms with Gasteiger partial charge in [0.25, 0.3) is 11.8 Å². The fraction of sp³-hybridized carbons (Fsp3) is 0.286. The van der Waals surface area contributed by atoms with E-state index in [-0.39, 0.29) is 18.4 Å². The number of amides is 2. The Morgan fingerprint density at radius 1 is 1.04 bits per heavy atom. The number of benzene rings is 2. The normalized spacial score (nSPS) is 13.8. The highest BCUT2D eigenvalue weighted by atomic mass is 16.5. The van der Waals surface area contributed by atoms with Crippen molar-refractivity contribution in [2.45, 2.75) is 6.92 Å². The van der Waals surface area contributed by atoms with Gasteiger partial charge in [-0.15, -0.1) is 0 Å².